The van der Waals surface area contributed by atoms with Gasteiger partial charge in [0, 0.05) is 49.0 Å². The zero-order valence-corrected chi connectivity index (χ0v) is 23.7. The Morgan fingerprint density at radius 1 is 1.14 bits per heavy atom. The number of methoxy groups -OCH3 is 2. The average Bonchev–Trinajstić information content (AvgIpc) is 3.61. The van der Waals surface area contributed by atoms with Crippen molar-refractivity contribution in [1.82, 2.24) is 15.2 Å². The second kappa shape index (κ2) is 13.0. The minimum atomic E-state index is -1.19. The number of amides is 2. The van der Waals surface area contributed by atoms with Gasteiger partial charge < -0.3 is 44.7 Å². The molecule has 4 atom stereocenters. The molecular formula is C31H37N3O8. The van der Waals surface area contributed by atoms with E-state index >= 15 is 0 Å². The van der Waals surface area contributed by atoms with Gasteiger partial charge >= 0.3 is 0 Å². The van der Waals surface area contributed by atoms with E-state index in [0.717, 1.165) is 16.6 Å². The molecule has 11 nitrogen and oxygen atoms in total. The lowest BCUT2D eigenvalue weighted by Gasteiger charge is -2.40. The van der Waals surface area contributed by atoms with Crippen LogP contribution in [-0.2, 0) is 27.4 Å². The molecule has 42 heavy (non-hydrogen) atoms. The molecule has 0 bridgehead atoms. The number of benzene rings is 2. The van der Waals surface area contributed by atoms with Crippen molar-refractivity contribution in [2.75, 3.05) is 40.5 Å². The molecule has 0 unspecified atom stereocenters. The number of ether oxygens (including phenoxy) is 3. The zero-order valence-electron chi connectivity index (χ0n) is 23.7. The number of hydrogen-bond donors (Lipinski definition) is 5. The number of fused-ring (bicyclic) bond motifs is 4. The summed E-state index contributed by atoms with van der Waals surface area (Å²) in [6.45, 7) is -0.00158. The maximum absolute atomic E-state index is 13.6. The Bertz CT molecular complexity index is 1430. The first-order chi connectivity index (χ1) is 20.4. The fourth-order valence-electron chi connectivity index (χ4n) is 5.90. The SMILES string of the molecule is COCCC(=O)N(CCc1cc2ccccc2[nH]1)[C@@H]1C=C(C(=O)NCCO)[C@@H]2c3cc(CO)cc(OC)c3O[C@@H]2[C@H]1O. The quantitative estimate of drug-likeness (QED) is 0.216. The van der Waals surface area contributed by atoms with Crippen LogP contribution in [0.15, 0.2) is 54.1 Å². The van der Waals surface area contributed by atoms with Gasteiger partial charge in [-0.05, 0) is 41.3 Å². The summed E-state index contributed by atoms with van der Waals surface area (Å²) in [5, 5.41) is 34.7. The van der Waals surface area contributed by atoms with Gasteiger partial charge in [0.1, 0.15) is 12.2 Å². The Kier molecular flexibility index (Phi) is 9.12. The van der Waals surface area contributed by atoms with Crippen LogP contribution in [0, 0.1) is 0 Å². The molecule has 1 aromatic heterocycles. The molecule has 5 N–H and O–H groups in total. The molecule has 224 valence electrons. The standard InChI is InChI=1S/C31H37N3O8/c1-40-12-8-26(37)34(10-7-20-15-19-5-3-4-6-23(19)33-20)24-16-22(31(39)32-9-11-35)27-21-13-18(17-36)14-25(41-2)29(21)42-30(27)28(24)38/h3-6,13-16,24,27-28,30,33,35-36,38H,7-12,17H2,1-2H3,(H,32,39)/t24-,27+,28+,30+/m1/s1. The molecule has 0 radical (unpaired) electrons. The number of aliphatic hydroxyl groups is 3. The first-order valence-corrected chi connectivity index (χ1v) is 14.0. The number of carbonyl (C=O) groups excluding carboxylic acids is 2. The predicted molar refractivity (Wildman–Crippen MR) is 154 cm³/mol. The molecule has 0 fully saturated rings. The van der Waals surface area contributed by atoms with E-state index in [2.05, 4.69) is 10.3 Å². The minimum absolute atomic E-state index is 0.0331. The third-order valence-corrected chi connectivity index (χ3v) is 7.90. The van der Waals surface area contributed by atoms with Crippen molar-refractivity contribution in [1.29, 1.82) is 0 Å². The summed E-state index contributed by atoms with van der Waals surface area (Å²) in [5.74, 6) is -0.620. The normalized spacial score (nSPS) is 20.8. The van der Waals surface area contributed by atoms with Gasteiger partial charge in [0.05, 0.1) is 45.3 Å². The summed E-state index contributed by atoms with van der Waals surface area (Å²) in [5.41, 5.74) is 3.38. The van der Waals surface area contributed by atoms with Crippen LogP contribution in [0.25, 0.3) is 10.9 Å². The summed E-state index contributed by atoms with van der Waals surface area (Å²) in [7, 11) is 3.00. The molecule has 5 rings (SSSR count). The molecule has 0 saturated carbocycles. The van der Waals surface area contributed by atoms with Gasteiger partial charge in [0.2, 0.25) is 11.8 Å². The second-order valence-corrected chi connectivity index (χ2v) is 10.5. The number of aromatic nitrogens is 1. The maximum atomic E-state index is 13.6. The molecular weight excluding hydrogens is 542 g/mol. The lowest BCUT2D eigenvalue weighted by molar-refractivity contribution is -0.138. The minimum Gasteiger partial charge on any atom is -0.493 e. The fraction of sp³-hybridized carbons (Fsp3) is 0.419. The number of nitrogens with zero attached hydrogens (tertiary/aromatic N) is 1. The fourth-order valence-corrected chi connectivity index (χ4v) is 5.90. The molecule has 2 amide bonds. The number of rotatable bonds is 12. The van der Waals surface area contributed by atoms with Crippen molar-refractivity contribution < 1.29 is 39.1 Å². The number of H-pyrrole nitrogens is 1. The van der Waals surface area contributed by atoms with E-state index in [-0.39, 0.29) is 45.2 Å². The number of carbonyl (C=O) groups is 2. The van der Waals surface area contributed by atoms with Crippen molar-refractivity contribution in [2.45, 2.75) is 43.6 Å². The Balaban J connectivity index is 1.53. The van der Waals surface area contributed by atoms with Gasteiger partial charge in [0.25, 0.3) is 0 Å². The van der Waals surface area contributed by atoms with E-state index in [9.17, 15) is 24.9 Å². The smallest absolute Gasteiger partial charge is 0.247 e. The largest absolute Gasteiger partial charge is 0.493 e. The van der Waals surface area contributed by atoms with Crippen LogP contribution in [0.3, 0.4) is 0 Å². The molecule has 2 aromatic carbocycles. The number of aliphatic hydroxyl groups excluding tert-OH is 3. The van der Waals surface area contributed by atoms with E-state index in [0.29, 0.717) is 34.6 Å². The highest BCUT2D eigenvalue weighted by atomic mass is 16.5. The lowest BCUT2D eigenvalue weighted by Crippen LogP contribution is -2.56. The molecule has 3 aromatic rings. The lowest BCUT2D eigenvalue weighted by atomic mass is 9.77. The molecule has 1 aliphatic carbocycles. The predicted octanol–water partition coefficient (Wildman–Crippen LogP) is 1.40. The average molecular weight is 580 g/mol. The van der Waals surface area contributed by atoms with Gasteiger partial charge in [-0.3, -0.25) is 9.59 Å². The van der Waals surface area contributed by atoms with E-state index < -0.39 is 30.1 Å². The Morgan fingerprint density at radius 2 is 1.95 bits per heavy atom. The molecule has 2 heterocycles. The maximum Gasteiger partial charge on any atom is 0.247 e. The topological polar surface area (TPSA) is 154 Å². The molecule has 1 aliphatic heterocycles. The van der Waals surface area contributed by atoms with Gasteiger partial charge in [-0.2, -0.15) is 0 Å². The Labute approximate surface area is 243 Å². The summed E-state index contributed by atoms with van der Waals surface area (Å²) < 4.78 is 17.0. The molecule has 0 spiro atoms. The third-order valence-electron chi connectivity index (χ3n) is 7.90. The summed E-state index contributed by atoms with van der Waals surface area (Å²) in [6.07, 6.45) is 0.117. The highest BCUT2D eigenvalue weighted by Gasteiger charge is 2.51. The van der Waals surface area contributed by atoms with Gasteiger partial charge in [-0.1, -0.05) is 18.2 Å². The van der Waals surface area contributed by atoms with Gasteiger partial charge in [-0.25, -0.2) is 0 Å². The third kappa shape index (κ3) is 5.73. The van der Waals surface area contributed by atoms with E-state index in [1.54, 1.807) is 23.1 Å². The Morgan fingerprint density at radius 3 is 2.67 bits per heavy atom. The zero-order chi connectivity index (χ0) is 29.8. The van der Waals surface area contributed by atoms with Crippen LogP contribution in [0.5, 0.6) is 11.5 Å². The number of aromatic amines is 1. The second-order valence-electron chi connectivity index (χ2n) is 10.5. The van der Waals surface area contributed by atoms with Crippen LogP contribution in [0.1, 0.15) is 29.2 Å². The van der Waals surface area contributed by atoms with Crippen molar-refractivity contribution in [3.63, 3.8) is 0 Å². The van der Waals surface area contributed by atoms with Crippen LogP contribution in [0.4, 0.5) is 0 Å². The van der Waals surface area contributed by atoms with Crippen molar-refractivity contribution in [3.05, 3.63) is 70.9 Å². The Hall–Kier alpha value is -3.90. The van der Waals surface area contributed by atoms with Crippen LogP contribution in [-0.4, -0.2) is 95.8 Å². The van der Waals surface area contributed by atoms with Gasteiger partial charge in [0.15, 0.2) is 11.5 Å². The van der Waals surface area contributed by atoms with E-state index in [1.807, 2.05) is 30.3 Å². The van der Waals surface area contributed by atoms with Crippen molar-refractivity contribution in [2.24, 2.45) is 0 Å². The highest BCUT2D eigenvalue weighted by molar-refractivity contribution is 5.96. The van der Waals surface area contributed by atoms with Crippen LogP contribution in [0.2, 0.25) is 0 Å². The summed E-state index contributed by atoms with van der Waals surface area (Å²) in [6, 6.07) is 12.4. The van der Waals surface area contributed by atoms with Crippen LogP contribution < -0.4 is 14.8 Å². The first-order valence-electron chi connectivity index (χ1n) is 14.0. The van der Waals surface area contributed by atoms with Crippen molar-refractivity contribution in [3.8, 4) is 11.5 Å². The number of para-hydroxylation sites is 1. The van der Waals surface area contributed by atoms with Crippen LogP contribution >= 0.6 is 0 Å². The molecule has 11 heteroatoms. The number of nitrogens with one attached hydrogen (secondary N) is 2. The summed E-state index contributed by atoms with van der Waals surface area (Å²) in [4.78, 5) is 32.0. The monoisotopic (exact) mass is 579 g/mol. The molecule has 0 saturated heterocycles. The molecule has 2 aliphatic rings. The first kappa shape index (κ1) is 29.6. The van der Waals surface area contributed by atoms with E-state index in [1.165, 1.54) is 14.2 Å². The highest BCUT2D eigenvalue weighted by Crippen LogP contribution is 2.51. The van der Waals surface area contributed by atoms with E-state index in [4.69, 9.17) is 14.2 Å². The number of hydrogen-bond acceptors (Lipinski definition) is 8. The summed E-state index contributed by atoms with van der Waals surface area (Å²) >= 11 is 0. The van der Waals surface area contributed by atoms with Gasteiger partial charge in [-0.15, -0.1) is 0 Å². The van der Waals surface area contributed by atoms with Crippen molar-refractivity contribution >= 4 is 22.7 Å².